The van der Waals surface area contributed by atoms with Crippen LogP contribution < -0.4 is 4.90 Å². The predicted octanol–water partition coefficient (Wildman–Crippen LogP) is 2.16. The van der Waals surface area contributed by atoms with Gasteiger partial charge in [0.05, 0.1) is 5.69 Å². The van der Waals surface area contributed by atoms with Crippen LogP contribution in [0.1, 0.15) is 0 Å². The maximum atomic E-state index is 10.7. The Bertz CT molecular complexity index is 488. The number of benzene rings is 1. The second-order valence-electron chi connectivity index (χ2n) is 3.08. The monoisotopic (exact) mass is 216 g/mol. The number of allylic oxidation sites excluding steroid dienone is 1. The first-order chi connectivity index (χ1) is 7.27. The fourth-order valence-electron chi connectivity index (χ4n) is 1.46. The normalized spacial score (nSPS) is 16.9. The fourth-order valence-corrected chi connectivity index (χ4v) is 2.57. The molecule has 1 aromatic carbocycles. The zero-order chi connectivity index (χ0) is 10.8. The summed E-state index contributed by atoms with van der Waals surface area (Å²) >= 11 is 1.45. The average molecular weight is 216 g/mol. The topological polar surface area (TPSA) is 44.1 Å². The predicted molar refractivity (Wildman–Crippen MR) is 59.4 cm³/mol. The van der Waals surface area contributed by atoms with E-state index in [-0.39, 0.29) is 5.57 Å². The van der Waals surface area contributed by atoms with Gasteiger partial charge in [-0.25, -0.2) is 0 Å². The first-order valence-corrected chi connectivity index (χ1v) is 5.19. The van der Waals surface area contributed by atoms with Crippen molar-refractivity contribution in [2.24, 2.45) is 0 Å². The van der Waals surface area contributed by atoms with E-state index in [1.165, 1.54) is 11.8 Å². The van der Waals surface area contributed by atoms with Crippen LogP contribution in [0.4, 0.5) is 5.69 Å². The Labute approximate surface area is 92.0 Å². The van der Waals surface area contributed by atoms with E-state index in [1.54, 1.807) is 0 Å². The SMILES string of the molecule is CN1C(=C(C#N)C=O)Sc2ccccc21. The van der Waals surface area contributed by atoms with Gasteiger partial charge >= 0.3 is 0 Å². The largest absolute Gasteiger partial charge is 0.337 e. The molecule has 0 N–H and O–H groups in total. The van der Waals surface area contributed by atoms with Gasteiger partial charge in [0.15, 0.2) is 6.29 Å². The van der Waals surface area contributed by atoms with E-state index in [0.717, 1.165) is 10.6 Å². The lowest BCUT2D eigenvalue weighted by atomic mass is 10.3. The Morgan fingerprint density at radius 3 is 2.87 bits per heavy atom. The number of nitrogens with zero attached hydrogens (tertiary/aromatic N) is 2. The Balaban J connectivity index is 2.52. The number of hydrogen-bond acceptors (Lipinski definition) is 4. The molecule has 74 valence electrons. The van der Waals surface area contributed by atoms with Crippen LogP contribution in [0.3, 0.4) is 0 Å². The lowest BCUT2D eigenvalue weighted by Gasteiger charge is -2.12. The molecule has 0 saturated heterocycles. The van der Waals surface area contributed by atoms with Crippen molar-refractivity contribution in [2.45, 2.75) is 4.90 Å². The van der Waals surface area contributed by atoms with E-state index in [9.17, 15) is 4.79 Å². The van der Waals surface area contributed by atoms with Crippen molar-refractivity contribution in [2.75, 3.05) is 11.9 Å². The summed E-state index contributed by atoms with van der Waals surface area (Å²) in [6, 6.07) is 9.73. The van der Waals surface area contributed by atoms with Crippen molar-refractivity contribution in [3.63, 3.8) is 0 Å². The zero-order valence-corrected chi connectivity index (χ0v) is 8.91. The molecule has 0 aliphatic carbocycles. The number of nitriles is 1. The molecular formula is C11H8N2OS. The number of aldehydes is 1. The third-order valence-corrected chi connectivity index (χ3v) is 3.46. The smallest absolute Gasteiger partial charge is 0.163 e. The first kappa shape index (κ1) is 9.81. The van der Waals surface area contributed by atoms with Gasteiger partial charge in [-0.3, -0.25) is 4.79 Å². The standard InChI is InChI=1S/C11H8N2OS/c1-13-9-4-2-3-5-10(9)15-11(13)8(6-12)7-14/h2-5,7H,1H3. The number of hydrogen-bond donors (Lipinski definition) is 0. The highest BCUT2D eigenvalue weighted by Gasteiger charge is 2.24. The van der Waals surface area contributed by atoms with Crippen molar-refractivity contribution in [3.8, 4) is 6.07 Å². The Morgan fingerprint density at radius 1 is 1.53 bits per heavy atom. The number of fused-ring (bicyclic) bond motifs is 1. The summed E-state index contributed by atoms with van der Waals surface area (Å²) in [6.45, 7) is 0. The molecule has 1 heterocycles. The number of anilines is 1. The lowest BCUT2D eigenvalue weighted by molar-refractivity contribution is -0.104. The molecule has 0 radical (unpaired) electrons. The second-order valence-corrected chi connectivity index (χ2v) is 4.11. The summed E-state index contributed by atoms with van der Waals surface area (Å²) in [5, 5.41) is 9.51. The highest BCUT2D eigenvalue weighted by Crippen LogP contribution is 2.45. The van der Waals surface area contributed by atoms with Crippen LogP contribution in [0.15, 0.2) is 39.8 Å². The third-order valence-electron chi connectivity index (χ3n) is 2.21. The Morgan fingerprint density at radius 2 is 2.27 bits per heavy atom. The van der Waals surface area contributed by atoms with Gasteiger partial charge in [0, 0.05) is 11.9 Å². The molecule has 0 unspecified atom stereocenters. The van der Waals surface area contributed by atoms with E-state index in [2.05, 4.69) is 0 Å². The summed E-state index contributed by atoms with van der Waals surface area (Å²) in [4.78, 5) is 13.6. The average Bonchev–Trinajstić information content (AvgIpc) is 2.60. The van der Waals surface area contributed by atoms with E-state index >= 15 is 0 Å². The fraction of sp³-hybridized carbons (Fsp3) is 0.0909. The van der Waals surface area contributed by atoms with Crippen molar-refractivity contribution < 1.29 is 4.79 Å². The van der Waals surface area contributed by atoms with E-state index in [1.807, 2.05) is 42.3 Å². The summed E-state index contributed by atoms with van der Waals surface area (Å²) < 4.78 is 0. The van der Waals surface area contributed by atoms with E-state index in [4.69, 9.17) is 5.26 Å². The molecule has 0 atom stereocenters. The second kappa shape index (κ2) is 3.79. The molecule has 2 rings (SSSR count). The van der Waals surface area contributed by atoms with Crippen LogP contribution in [0, 0.1) is 11.3 Å². The molecule has 0 fully saturated rings. The quantitative estimate of drug-likeness (QED) is 0.410. The minimum Gasteiger partial charge on any atom is -0.337 e. The summed E-state index contributed by atoms with van der Waals surface area (Å²) in [7, 11) is 1.86. The number of para-hydroxylation sites is 1. The molecule has 0 bridgehead atoms. The van der Waals surface area contributed by atoms with Crippen molar-refractivity contribution in [1.29, 1.82) is 5.26 Å². The number of carbonyl (C=O) groups is 1. The van der Waals surface area contributed by atoms with Crippen LogP contribution in [-0.4, -0.2) is 13.3 Å². The van der Waals surface area contributed by atoms with Crippen molar-refractivity contribution in [1.82, 2.24) is 0 Å². The van der Waals surface area contributed by atoms with Gasteiger partial charge in [0.1, 0.15) is 16.7 Å². The molecule has 1 aliphatic heterocycles. The Hall–Kier alpha value is -1.73. The summed E-state index contributed by atoms with van der Waals surface area (Å²) in [5.41, 5.74) is 1.21. The van der Waals surface area contributed by atoms with Gasteiger partial charge in [-0.15, -0.1) is 0 Å². The molecule has 0 aromatic heterocycles. The minimum atomic E-state index is 0.179. The molecule has 0 amide bonds. The molecule has 0 spiro atoms. The van der Waals surface area contributed by atoms with Crippen molar-refractivity contribution in [3.05, 3.63) is 34.9 Å². The van der Waals surface area contributed by atoms with Crippen LogP contribution in [0.2, 0.25) is 0 Å². The highest BCUT2D eigenvalue weighted by molar-refractivity contribution is 8.03. The molecule has 15 heavy (non-hydrogen) atoms. The number of rotatable bonds is 1. The maximum Gasteiger partial charge on any atom is 0.163 e. The number of thioether (sulfide) groups is 1. The molecule has 4 heteroatoms. The van der Waals surface area contributed by atoms with Gasteiger partial charge in [0.2, 0.25) is 0 Å². The molecule has 1 aromatic rings. The summed E-state index contributed by atoms with van der Waals surface area (Å²) in [5.74, 6) is 0. The van der Waals surface area contributed by atoms with Crippen molar-refractivity contribution >= 4 is 23.7 Å². The first-order valence-electron chi connectivity index (χ1n) is 4.38. The van der Waals surface area contributed by atoms with Gasteiger partial charge in [-0.05, 0) is 12.1 Å². The zero-order valence-electron chi connectivity index (χ0n) is 8.10. The maximum absolute atomic E-state index is 10.7. The van der Waals surface area contributed by atoms with Gasteiger partial charge in [0.25, 0.3) is 0 Å². The lowest BCUT2D eigenvalue weighted by Crippen LogP contribution is -2.11. The van der Waals surface area contributed by atoms with Gasteiger partial charge < -0.3 is 4.90 Å². The Kier molecular flexibility index (Phi) is 2.48. The van der Waals surface area contributed by atoms with Crippen LogP contribution in [0.25, 0.3) is 0 Å². The number of carbonyl (C=O) groups excluding carboxylic acids is 1. The van der Waals surface area contributed by atoms with Gasteiger partial charge in [-0.1, -0.05) is 23.9 Å². The molecule has 0 saturated carbocycles. The minimum absolute atomic E-state index is 0.179. The molecule has 1 aliphatic rings. The van der Waals surface area contributed by atoms with E-state index < -0.39 is 0 Å². The van der Waals surface area contributed by atoms with Crippen LogP contribution >= 0.6 is 11.8 Å². The molecular weight excluding hydrogens is 208 g/mol. The molecule has 3 nitrogen and oxygen atoms in total. The van der Waals surface area contributed by atoms with Crippen LogP contribution in [0.5, 0.6) is 0 Å². The third kappa shape index (κ3) is 1.51. The van der Waals surface area contributed by atoms with Crippen LogP contribution in [-0.2, 0) is 4.79 Å². The summed E-state index contributed by atoms with van der Waals surface area (Å²) in [6.07, 6.45) is 0.602. The van der Waals surface area contributed by atoms with E-state index in [0.29, 0.717) is 11.3 Å². The highest BCUT2D eigenvalue weighted by atomic mass is 32.2. The van der Waals surface area contributed by atoms with Gasteiger partial charge in [-0.2, -0.15) is 5.26 Å².